The minimum absolute atomic E-state index is 0.274. The molecule has 1 aromatic heterocycles. The summed E-state index contributed by atoms with van der Waals surface area (Å²) in [6.07, 6.45) is 1.09. The molecule has 2 aliphatic rings. The van der Waals surface area contributed by atoms with Crippen LogP contribution in [0.2, 0.25) is 0 Å². The zero-order valence-electron chi connectivity index (χ0n) is 19.6. The number of fused-ring (bicyclic) bond motifs is 3. The van der Waals surface area contributed by atoms with E-state index in [1.165, 1.54) is 0 Å². The molecule has 2 atom stereocenters. The molecule has 0 aliphatic carbocycles. The molecule has 3 heterocycles. The van der Waals surface area contributed by atoms with Gasteiger partial charge in [-0.3, -0.25) is 0 Å². The third kappa shape index (κ3) is 3.29. The Morgan fingerprint density at radius 3 is 2.49 bits per heavy atom. The van der Waals surface area contributed by atoms with Crippen molar-refractivity contribution in [1.82, 2.24) is 14.8 Å². The molecule has 4 aromatic rings. The molecule has 0 spiro atoms. The maximum absolute atomic E-state index is 6.70. The summed E-state index contributed by atoms with van der Waals surface area (Å²) < 4.78 is 25.4. The monoisotopic (exact) mass is 468 g/mol. The van der Waals surface area contributed by atoms with Crippen molar-refractivity contribution >= 4 is 11.6 Å². The minimum Gasteiger partial charge on any atom is -0.497 e. The predicted octanol–water partition coefficient (Wildman–Crippen LogP) is 4.86. The molecule has 0 saturated carbocycles. The van der Waals surface area contributed by atoms with Gasteiger partial charge in [0.25, 0.3) is 0 Å². The van der Waals surface area contributed by atoms with Gasteiger partial charge >= 0.3 is 0 Å². The number of ether oxygens (including phenoxy) is 4. The Morgan fingerprint density at radius 1 is 0.886 bits per heavy atom. The SMILES string of the molecule is COc1ccc([C@@H]2C3=C(Nc4ncnn42)c2ccccc2O[C@H]3c2cccc(OC)c2OC)cc1. The number of methoxy groups -OCH3 is 3. The number of nitrogens with one attached hydrogen (secondary N) is 1. The molecule has 0 radical (unpaired) electrons. The number of benzene rings is 3. The Morgan fingerprint density at radius 2 is 1.71 bits per heavy atom. The molecule has 8 heteroatoms. The fourth-order valence-electron chi connectivity index (χ4n) is 4.90. The Balaban J connectivity index is 1.62. The number of aromatic nitrogens is 3. The van der Waals surface area contributed by atoms with Crippen molar-refractivity contribution in [1.29, 1.82) is 0 Å². The highest BCUT2D eigenvalue weighted by Gasteiger charge is 2.42. The molecule has 0 saturated heterocycles. The number of hydrogen-bond acceptors (Lipinski definition) is 7. The zero-order chi connectivity index (χ0) is 23.9. The van der Waals surface area contributed by atoms with E-state index in [2.05, 4.69) is 15.4 Å². The fourth-order valence-corrected chi connectivity index (χ4v) is 4.90. The highest BCUT2D eigenvalue weighted by atomic mass is 16.5. The van der Waals surface area contributed by atoms with Crippen molar-refractivity contribution in [2.75, 3.05) is 26.6 Å². The maximum atomic E-state index is 6.70. The van der Waals surface area contributed by atoms with Gasteiger partial charge in [0.15, 0.2) is 17.6 Å². The summed E-state index contributed by atoms with van der Waals surface area (Å²) in [5, 5.41) is 8.09. The van der Waals surface area contributed by atoms with E-state index in [-0.39, 0.29) is 6.04 Å². The summed E-state index contributed by atoms with van der Waals surface area (Å²) in [4.78, 5) is 4.49. The van der Waals surface area contributed by atoms with Gasteiger partial charge < -0.3 is 24.3 Å². The molecular formula is C27H24N4O4. The van der Waals surface area contributed by atoms with Crippen molar-refractivity contribution < 1.29 is 18.9 Å². The summed E-state index contributed by atoms with van der Waals surface area (Å²) in [7, 11) is 4.93. The highest BCUT2D eigenvalue weighted by molar-refractivity contribution is 5.85. The van der Waals surface area contributed by atoms with E-state index < -0.39 is 6.10 Å². The second-order valence-electron chi connectivity index (χ2n) is 8.24. The van der Waals surface area contributed by atoms with Crippen LogP contribution in [0, 0.1) is 0 Å². The van der Waals surface area contributed by atoms with Gasteiger partial charge in [0.05, 0.1) is 27.0 Å². The van der Waals surface area contributed by atoms with Crippen LogP contribution in [0.15, 0.2) is 78.6 Å². The van der Waals surface area contributed by atoms with Crippen LogP contribution in [0.5, 0.6) is 23.0 Å². The first-order valence-corrected chi connectivity index (χ1v) is 11.2. The molecule has 176 valence electrons. The summed E-state index contributed by atoms with van der Waals surface area (Å²) >= 11 is 0. The minimum atomic E-state index is -0.470. The Bertz CT molecular complexity index is 1430. The molecule has 0 fully saturated rings. The molecule has 6 rings (SSSR count). The maximum Gasteiger partial charge on any atom is 0.226 e. The van der Waals surface area contributed by atoms with Crippen molar-refractivity contribution in [3.8, 4) is 23.0 Å². The summed E-state index contributed by atoms with van der Waals surface area (Å²) in [6, 6.07) is 21.5. The first-order valence-electron chi connectivity index (χ1n) is 11.2. The number of para-hydroxylation sites is 2. The van der Waals surface area contributed by atoms with Crippen LogP contribution in [-0.2, 0) is 0 Å². The van der Waals surface area contributed by atoms with E-state index in [9.17, 15) is 0 Å². The summed E-state index contributed by atoms with van der Waals surface area (Å²) in [5.74, 6) is 3.49. The largest absolute Gasteiger partial charge is 0.497 e. The van der Waals surface area contributed by atoms with Crippen molar-refractivity contribution in [3.05, 3.63) is 95.3 Å². The second kappa shape index (κ2) is 8.39. The van der Waals surface area contributed by atoms with Gasteiger partial charge in [0, 0.05) is 16.7 Å². The van der Waals surface area contributed by atoms with Crippen molar-refractivity contribution in [2.45, 2.75) is 12.1 Å². The van der Waals surface area contributed by atoms with Crippen LogP contribution in [0.1, 0.15) is 28.8 Å². The van der Waals surface area contributed by atoms with E-state index in [1.54, 1.807) is 27.7 Å². The number of hydrogen-bond donors (Lipinski definition) is 1. The van der Waals surface area contributed by atoms with E-state index in [4.69, 9.17) is 18.9 Å². The molecule has 0 unspecified atom stereocenters. The first kappa shape index (κ1) is 21.1. The normalized spacial score (nSPS) is 17.9. The molecule has 0 amide bonds. The molecule has 35 heavy (non-hydrogen) atoms. The highest BCUT2D eigenvalue weighted by Crippen LogP contribution is 2.52. The van der Waals surface area contributed by atoms with Crippen LogP contribution in [0.4, 0.5) is 5.95 Å². The van der Waals surface area contributed by atoms with E-state index in [0.29, 0.717) is 17.4 Å². The van der Waals surface area contributed by atoms with E-state index in [0.717, 1.165) is 39.5 Å². The van der Waals surface area contributed by atoms with Crippen LogP contribution in [-0.4, -0.2) is 36.1 Å². The van der Waals surface area contributed by atoms with Crippen molar-refractivity contribution in [3.63, 3.8) is 0 Å². The number of anilines is 1. The Kier molecular flexibility index (Phi) is 5.06. The van der Waals surface area contributed by atoms with Gasteiger partial charge in [-0.25, -0.2) is 4.68 Å². The Hall–Kier alpha value is -4.46. The number of nitrogens with zero attached hydrogens (tertiary/aromatic N) is 3. The van der Waals surface area contributed by atoms with Crippen LogP contribution < -0.4 is 24.3 Å². The van der Waals surface area contributed by atoms with Gasteiger partial charge in [-0.05, 0) is 35.9 Å². The topological polar surface area (TPSA) is 79.7 Å². The molecule has 8 nitrogen and oxygen atoms in total. The lowest BCUT2D eigenvalue weighted by Gasteiger charge is -2.39. The van der Waals surface area contributed by atoms with Crippen LogP contribution in [0.25, 0.3) is 5.70 Å². The molecule has 0 bridgehead atoms. The average molecular weight is 469 g/mol. The van der Waals surface area contributed by atoms with Crippen LogP contribution >= 0.6 is 0 Å². The lowest BCUT2D eigenvalue weighted by atomic mass is 9.84. The van der Waals surface area contributed by atoms with Crippen LogP contribution in [0.3, 0.4) is 0 Å². The Labute approximate surface area is 202 Å². The average Bonchev–Trinajstić information content (AvgIpc) is 3.39. The lowest BCUT2D eigenvalue weighted by Crippen LogP contribution is -2.32. The van der Waals surface area contributed by atoms with Gasteiger partial charge in [-0.1, -0.05) is 36.4 Å². The molecule has 1 N–H and O–H groups in total. The van der Waals surface area contributed by atoms with Gasteiger partial charge in [0.1, 0.15) is 23.9 Å². The van der Waals surface area contributed by atoms with Gasteiger partial charge in [-0.15, -0.1) is 0 Å². The lowest BCUT2D eigenvalue weighted by molar-refractivity contribution is 0.216. The molecular weight excluding hydrogens is 444 g/mol. The first-order chi connectivity index (χ1) is 17.2. The standard InChI is InChI=1S/C27H24N4O4/c1-32-17-13-11-16(12-14-17)24-22-23(30-27-28-15-29-31(24)27)18-7-4-5-9-20(18)35-26(22)19-8-6-10-21(33-2)25(19)34-3/h4-15,24,26H,1-3H3,(H,28,29,30)/t24-,26+/m1/s1. The van der Waals surface area contributed by atoms with E-state index in [1.807, 2.05) is 71.4 Å². The van der Waals surface area contributed by atoms with Gasteiger partial charge in [0.2, 0.25) is 5.95 Å². The van der Waals surface area contributed by atoms with Gasteiger partial charge in [-0.2, -0.15) is 10.1 Å². The fraction of sp³-hybridized carbons (Fsp3) is 0.185. The third-order valence-electron chi connectivity index (χ3n) is 6.47. The predicted molar refractivity (Wildman–Crippen MR) is 131 cm³/mol. The zero-order valence-corrected chi connectivity index (χ0v) is 19.6. The molecule has 3 aromatic carbocycles. The van der Waals surface area contributed by atoms with E-state index >= 15 is 0 Å². The molecule has 2 aliphatic heterocycles. The van der Waals surface area contributed by atoms with Crippen molar-refractivity contribution in [2.24, 2.45) is 0 Å². The smallest absolute Gasteiger partial charge is 0.226 e. The quantitative estimate of drug-likeness (QED) is 0.448. The second-order valence-corrected chi connectivity index (χ2v) is 8.24. The third-order valence-corrected chi connectivity index (χ3v) is 6.47. The number of rotatable bonds is 5. The summed E-state index contributed by atoms with van der Waals surface area (Å²) in [5.41, 5.74) is 4.80. The summed E-state index contributed by atoms with van der Waals surface area (Å²) in [6.45, 7) is 0.